The van der Waals surface area contributed by atoms with Gasteiger partial charge in [-0.25, -0.2) is 0 Å². The molecule has 0 aliphatic carbocycles. The second-order valence-corrected chi connectivity index (χ2v) is 19.8. The topological polar surface area (TPSA) is 27.8 Å². The third kappa shape index (κ3) is 6.12. The Morgan fingerprint density at radius 2 is 1.04 bits per heavy atom. The highest BCUT2D eigenvalue weighted by atomic mass is 16.3. The van der Waals surface area contributed by atoms with Crippen molar-refractivity contribution in [2.45, 2.75) is 52.4 Å². The summed E-state index contributed by atoms with van der Waals surface area (Å²) in [5.74, 6) is 0. The lowest BCUT2D eigenvalue weighted by molar-refractivity contribution is 0.590. The van der Waals surface area contributed by atoms with Crippen LogP contribution in [0.5, 0.6) is 0 Å². The summed E-state index contributed by atoms with van der Waals surface area (Å²) in [6, 6.07) is -33.9. The Morgan fingerprint density at radius 3 is 1.77 bits per heavy atom. The predicted molar refractivity (Wildman–Crippen MR) is 313 cm³/mol. The van der Waals surface area contributed by atoms with Crippen LogP contribution >= 0.6 is 0 Å². The minimum absolute atomic E-state index is 0.203. The van der Waals surface area contributed by atoms with Gasteiger partial charge in [-0.3, -0.25) is 0 Å². The molecular formula is C68H53BN4O. The van der Waals surface area contributed by atoms with Crippen LogP contribution in [0.1, 0.15) is 101 Å². The van der Waals surface area contributed by atoms with Crippen LogP contribution < -0.4 is 31.1 Å². The lowest BCUT2D eigenvalue weighted by atomic mass is 9.33. The molecule has 0 N–H and O–H groups in total. The van der Waals surface area contributed by atoms with Crippen LogP contribution in [0, 0.1) is 0 Å². The van der Waals surface area contributed by atoms with Crippen molar-refractivity contribution in [3.8, 4) is 16.8 Å². The molecule has 5 nitrogen and oxygen atoms in total. The highest BCUT2D eigenvalue weighted by Gasteiger charge is 2.46. The summed E-state index contributed by atoms with van der Waals surface area (Å²) in [5, 5.41) is -1.96. The van der Waals surface area contributed by atoms with Gasteiger partial charge in [0, 0.05) is 61.4 Å². The molecule has 3 aliphatic rings. The zero-order valence-electron chi connectivity index (χ0n) is 74.8. The van der Waals surface area contributed by atoms with Crippen LogP contribution in [0.4, 0.5) is 51.2 Å². The number of fused-ring (bicyclic) bond motifs is 12. The van der Waals surface area contributed by atoms with E-state index in [1.807, 2.05) is 0 Å². The quantitative estimate of drug-likeness (QED) is 0.161. The maximum absolute atomic E-state index is 11.1. The van der Waals surface area contributed by atoms with Crippen molar-refractivity contribution < 1.29 is 52.4 Å². The third-order valence-corrected chi connectivity index (χ3v) is 13.4. The Labute approximate surface area is 481 Å². The maximum Gasteiger partial charge on any atom is 0.252 e. The van der Waals surface area contributed by atoms with Crippen LogP contribution in [0.15, 0.2) is 216 Å². The maximum atomic E-state index is 11.1. The SMILES string of the molecule is [2H]c1c([2H])c2c3c(c1[2H])N1c4c(c([2H])c([2H])c([2H])c4-n4c5c([2H])c([2H])c([2H])c([2H])c5c5c([2H])c([2H])c([2H])c1c54)B3c1c([2H])c([2H])c(N(c3c([2H])c([2H])c(C(C)(C)C)c([2H])c3[2H])c3c([2H])c([2H])c(C(C)(C)C)c([2H])c3[2H])c([2H])c1N2c1c([2H])c([2H])c(-c2c([2H])c([2H])c([2H])c3oc4c([2H])c([2H])c([2H])c([2H])c4c23)c([2H])c1[2H]. The van der Waals surface area contributed by atoms with E-state index < -0.39 is 357 Å². The molecule has 6 heteroatoms. The van der Waals surface area contributed by atoms with Crippen LogP contribution in [0.25, 0.3) is 60.6 Å². The number of para-hydroxylation sites is 4. The molecule has 15 rings (SSSR count). The minimum atomic E-state index is -2.20. The van der Waals surface area contributed by atoms with Crippen LogP contribution in [-0.4, -0.2) is 11.3 Å². The first-order valence-electron chi connectivity index (χ1n) is 40.7. The van der Waals surface area contributed by atoms with E-state index in [-0.39, 0.29) is 11.1 Å². The largest absolute Gasteiger partial charge is 0.456 e. The van der Waals surface area contributed by atoms with E-state index in [0.29, 0.717) is 9.80 Å². The van der Waals surface area contributed by atoms with Gasteiger partial charge < -0.3 is 23.7 Å². The minimum Gasteiger partial charge on any atom is -0.456 e. The molecule has 0 amide bonds. The fraction of sp³-hybridized carbons (Fsp3) is 0.118. The molecular weight excluding hydrogens is 900 g/mol. The molecule has 0 atom stereocenters. The van der Waals surface area contributed by atoms with Gasteiger partial charge in [0.2, 0.25) is 0 Å². The van der Waals surface area contributed by atoms with E-state index in [9.17, 15) is 37.0 Å². The lowest BCUT2D eigenvalue weighted by Gasteiger charge is -2.46. The van der Waals surface area contributed by atoms with E-state index in [4.69, 9.17) is 15.4 Å². The number of nitrogens with zero attached hydrogens (tertiary/aromatic N) is 4. The summed E-state index contributed by atoms with van der Waals surface area (Å²) in [4.78, 5) is 2.12. The molecule has 0 spiro atoms. The van der Waals surface area contributed by atoms with E-state index in [2.05, 4.69) is 0 Å². The smallest absolute Gasteiger partial charge is 0.252 e. The van der Waals surface area contributed by atoms with Crippen molar-refractivity contribution in [2.75, 3.05) is 14.7 Å². The molecule has 354 valence electrons. The normalized spacial score (nSPS) is 20.1. The molecule has 0 bridgehead atoms. The standard InChI is InChI=1S/C68H53BN4O/c1-67(2,3)43-29-35-45(36-30-43)70(46-37-31-44(32-38-46)68(4,5)6)48-39-40-53-60(41-48)71(47-33-27-42(28-34-47)49-17-12-26-62-63(49)52-16-8-10-25-61(52)74-62)56-21-14-22-57-64(56)69(53)54-19-13-24-59-66(54)73(57)58-23-11-18-51-50-15-7-9-20-55(50)72(59)65(51)58/h7-41H,1-6H3/i7D,8D,9D,10D,11D,12D,13D,14D,15D,16D,17D,18D,19D,20D,21D,22D,23D,24D,25D,26D,27D,28D,29D,30D,31D,32D,33D,34D,35D,36D,37D,38D,39D,40D,41D. The van der Waals surface area contributed by atoms with E-state index in [0.717, 1.165) is 9.47 Å². The highest BCUT2D eigenvalue weighted by Crippen LogP contribution is 2.53. The van der Waals surface area contributed by atoms with Gasteiger partial charge in [0.1, 0.15) is 11.2 Å². The molecule has 0 radical (unpaired) electrons. The van der Waals surface area contributed by atoms with Gasteiger partial charge >= 0.3 is 0 Å². The zero-order valence-corrected chi connectivity index (χ0v) is 39.8. The van der Waals surface area contributed by atoms with E-state index in [1.54, 1.807) is 41.5 Å². The van der Waals surface area contributed by atoms with Gasteiger partial charge in [-0.05, 0) is 140 Å². The first-order valence-corrected chi connectivity index (χ1v) is 23.2. The van der Waals surface area contributed by atoms with Gasteiger partial charge in [0.05, 0.1) is 76.1 Å². The van der Waals surface area contributed by atoms with Crippen molar-refractivity contribution in [2.24, 2.45) is 0 Å². The molecule has 12 aromatic rings. The van der Waals surface area contributed by atoms with Gasteiger partial charge in [-0.1, -0.05) is 162 Å². The first-order chi connectivity index (χ1) is 50.6. The molecule has 0 saturated heterocycles. The summed E-state index contributed by atoms with van der Waals surface area (Å²) >= 11 is 0. The van der Waals surface area contributed by atoms with Crippen molar-refractivity contribution in [1.29, 1.82) is 0 Å². The van der Waals surface area contributed by atoms with Gasteiger partial charge in [-0.2, -0.15) is 0 Å². The van der Waals surface area contributed by atoms with Crippen LogP contribution in [-0.2, 0) is 10.8 Å². The monoisotopic (exact) mass is 988 g/mol. The first kappa shape index (κ1) is 20.6. The van der Waals surface area contributed by atoms with E-state index in [1.165, 1.54) is 0 Å². The summed E-state index contributed by atoms with van der Waals surface area (Å²) in [6.45, 7) is 7.21. The second-order valence-electron chi connectivity index (χ2n) is 19.8. The average molecular weight is 988 g/mol. The van der Waals surface area contributed by atoms with Crippen LogP contribution in [0.2, 0.25) is 0 Å². The number of hydrogen-bond acceptors (Lipinski definition) is 4. The summed E-state index contributed by atoms with van der Waals surface area (Å²) in [6.07, 6.45) is 0. The Hall–Kier alpha value is -8.74. The molecule has 0 saturated carbocycles. The molecule has 0 unspecified atom stereocenters. The summed E-state index contributed by atoms with van der Waals surface area (Å²) < 4.78 is 346. The Bertz CT molecular complexity index is 6260. The summed E-state index contributed by atoms with van der Waals surface area (Å²) in [5.41, 5.74) is -17.2. The number of anilines is 9. The molecule has 74 heavy (non-hydrogen) atoms. The lowest BCUT2D eigenvalue weighted by Crippen LogP contribution is -2.61. The number of rotatable bonds is 5. The highest BCUT2D eigenvalue weighted by molar-refractivity contribution is 7.00. The average Bonchev–Trinajstić information content (AvgIpc) is 1.58. The molecule has 2 aromatic heterocycles. The Kier molecular flexibility index (Phi) is 4.29. The van der Waals surface area contributed by atoms with Gasteiger partial charge in [0.15, 0.2) is 0 Å². The number of aromatic nitrogens is 1. The fourth-order valence-corrected chi connectivity index (χ4v) is 9.97. The molecule has 0 fully saturated rings. The molecule has 10 aromatic carbocycles. The predicted octanol–water partition coefficient (Wildman–Crippen LogP) is 16.8. The number of benzene rings is 10. The zero-order chi connectivity index (χ0) is 80.2. The fourth-order valence-electron chi connectivity index (χ4n) is 9.97. The van der Waals surface area contributed by atoms with Crippen molar-refractivity contribution in [1.82, 2.24) is 4.57 Å². The second kappa shape index (κ2) is 15.4. The number of furan rings is 1. The van der Waals surface area contributed by atoms with Crippen molar-refractivity contribution in [3.05, 3.63) is 223 Å². The van der Waals surface area contributed by atoms with Crippen molar-refractivity contribution >= 4 is 118 Å². The molecule has 3 aliphatic heterocycles. The van der Waals surface area contributed by atoms with E-state index >= 15 is 0 Å². The van der Waals surface area contributed by atoms with Gasteiger partial charge in [-0.15, -0.1) is 0 Å². The molecule has 5 heterocycles. The Morgan fingerprint density at radius 1 is 0.459 bits per heavy atom. The van der Waals surface area contributed by atoms with Crippen LogP contribution in [0.3, 0.4) is 0 Å². The van der Waals surface area contributed by atoms with Crippen molar-refractivity contribution in [3.63, 3.8) is 0 Å². The third-order valence-electron chi connectivity index (χ3n) is 13.4. The number of hydrogen-bond donors (Lipinski definition) is 0. The van der Waals surface area contributed by atoms with Gasteiger partial charge in [0.25, 0.3) is 6.71 Å². The summed E-state index contributed by atoms with van der Waals surface area (Å²) in [7, 11) is 0. The Balaban J connectivity index is 1.19.